The fourth-order valence-electron chi connectivity index (χ4n) is 2.55. The summed E-state index contributed by atoms with van der Waals surface area (Å²) in [6, 6.07) is 9.17. The number of carbonyl (C=O) groups is 1. The molecule has 0 bridgehead atoms. The summed E-state index contributed by atoms with van der Waals surface area (Å²) in [5, 5.41) is 13.0. The van der Waals surface area contributed by atoms with E-state index < -0.39 is 12.1 Å². The van der Waals surface area contributed by atoms with Crippen molar-refractivity contribution in [3.8, 4) is 0 Å². The summed E-state index contributed by atoms with van der Waals surface area (Å²) >= 11 is 0. The lowest BCUT2D eigenvalue weighted by Gasteiger charge is -2.20. The van der Waals surface area contributed by atoms with Gasteiger partial charge in [-0.05, 0) is 26.3 Å². The molecule has 1 aromatic carbocycles. The number of H-pyrrole nitrogens is 1. The molecule has 128 valence electrons. The first kappa shape index (κ1) is 17.9. The molecule has 1 amide bonds. The van der Waals surface area contributed by atoms with Crippen LogP contribution < -0.4 is 10.9 Å². The summed E-state index contributed by atoms with van der Waals surface area (Å²) in [6.45, 7) is 5.15. The molecule has 24 heavy (non-hydrogen) atoms. The number of aromatic amines is 1. The number of aliphatic hydroxyl groups is 1. The topological polar surface area (TPSA) is 95.1 Å². The van der Waals surface area contributed by atoms with Gasteiger partial charge in [0.15, 0.2) is 0 Å². The number of aryl methyl sites for hydroxylation is 2. The fraction of sp³-hybridized carbons (Fsp3) is 0.389. The predicted octanol–water partition coefficient (Wildman–Crippen LogP) is 1.04. The Morgan fingerprint density at radius 1 is 1.29 bits per heavy atom. The third-order valence-electron chi connectivity index (χ3n) is 3.93. The van der Waals surface area contributed by atoms with Crippen molar-refractivity contribution < 1.29 is 9.90 Å². The van der Waals surface area contributed by atoms with Gasteiger partial charge in [0.25, 0.3) is 5.56 Å². The molecule has 2 unspecified atom stereocenters. The van der Waals surface area contributed by atoms with E-state index in [0.29, 0.717) is 23.5 Å². The number of carbonyl (C=O) groups excluding carboxylic acids is 1. The maximum atomic E-state index is 12.2. The van der Waals surface area contributed by atoms with Gasteiger partial charge in [-0.3, -0.25) is 9.59 Å². The van der Waals surface area contributed by atoms with Crippen molar-refractivity contribution in [3.05, 3.63) is 63.3 Å². The monoisotopic (exact) mass is 329 g/mol. The lowest BCUT2D eigenvalue weighted by Crippen LogP contribution is -2.43. The lowest BCUT2D eigenvalue weighted by molar-refractivity contribution is -0.121. The minimum absolute atomic E-state index is 0.0587. The summed E-state index contributed by atoms with van der Waals surface area (Å²) in [5.41, 5.74) is 1.60. The summed E-state index contributed by atoms with van der Waals surface area (Å²) < 4.78 is 0. The normalized spacial score (nSPS) is 13.3. The summed E-state index contributed by atoms with van der Waals surface area (Å²) in [4.78, 5) is 30.9. The van der Waals surface area contributed by atoms with Crippen molar-refractivity contribution in [2.75, 3.05) is 0 Å². The number of aromatic nitrogens is 2. The summed E-state index contributed by atoms with van der Waals surface area (Å²) in [5.74, 6) is 0.210. The van der Waals surface area contributed by atoms with Crippen LogP contribution in [-0.4, -0.2) is 33.1 Å². The molecule has 2 rings (SSSR count). The molecule has 1 heterocycles. The smallest absolute Gasteiger partial charge is 0.254 e. The lowest BCUT2D eigenvalue weighted by atomic mass is 10.0. The first-order valence-electron chi connectivity index (χ1n) is 7.94. The molecule has 0 spiro atoms. The number of amides is 1. The molecule has 0 aliphatic carbocycles. The first-order chi connectivity index (χ1) is 11.4. The molecular weight excluding hydrogens is 306 g/mol. The van der Waals surface area contributed by atoms with E-state index in [4.69, 9.17) is 0 Å². The van der Waals surface area contributed by atoms with Gasteiger partial charge >= 0.3 is 0 Å². The Morgan fingerprint density at radius 2 is 1.96 bits per heavy atom. The van der Waals surface area contributed by atoms with Gasteiger partial charge in [0.2, 0.25) is 5.91 Å². The van der Waals surface area contributed by atoms with E-state index in [9.17, 15) is 14.7 Å². The maximum absolute atomic E-state index is 12.2. The van der Waals surface area contributed by atoms with Gasteiger partial charge in [0.05, 0.1) is 18.6 Å². The predicted molar refractivity (Wildman–Crippen MR) is 91.8 cm³/mol. The molecule has 0 saturated heterocycles. The molecule has 0 saturated carbocycles. The molecule has 1 aromatic heterocycles. The van der Waals surface area contributed by atoms with Gasteiger partial charge in [-0.15, -0.1) is 0 Å². The fourth-order valence-corrected chi connectivity index (χ4v) is 2.55. The Labute approximate surface area is 141 Å². The van der Waals surface area contributed by atoms with E-state index in [1.807, 2.05) is 30.3 Å². The summed E-state index contributed by atoms with van der Waals surface area (Å²) in [6.07, 6.45) is -0.308. The van der Waals surface area contributed by atoms with Gasteiger partial charge in [-0.2, -0.15) is 0 Å². The molecule has 2 aromatic rings. The minimum Gasteiger partial charge on any atom is -0.391 e. The Kier molecular flexibility index (Phi) is 5.87. The van der Waals surface area contributed by atoms with Gasteiger partial charge in [-0.1, -0.05) is 30.3 Å². The second kappa shape index (κ2) is 7.88. The number of hydrogen-bond donors (Lipinski definition) is 3. The van der Waals surface area contributed by atoms with Crippen LogP contribution in [0.25, 0.3) is 0 Å². The number of nitrogens with one attached hydrogen (secondary N) is 2. The molecule has 0 fully saturated rings. The maximum Gasteiger partial charge on any atom is 0.254 e. The molecular formula is C18H23N3O3. The zero-order chi connectivity index (χ0) is 17.7. The molecule has 0 aliphatic rings. The molecule has 3 N–H and O–H groups in total. The van der Waals surface area contributed by atoms with E-state index in [0.717, 1.165) is 5.56 Å². The number of aliphatic hydroxyl groups excluding tert-OH is 1. The molecule has 6 nitrogen and oxygen atoms in total. The van der Waals surface area contributed by atoms with Crippen molar-refractivity contribution in [2.45, 2.75) is 45.8 Å². The van der Waals surface area contributed by atoms with Crippen molar-refractivity contribution in [2.24, 2.45) is 0 Å². The number of nitrogens with zero attached hydrogens (tertiary/aromatic N) is 1. The second-order valence-electron chi connectivity index (χ2n) is 6.01. The van der Waals surface area contributed by atoms with Gasteiger partial charge in [0, 0.05) is 17.7 Å². The average molecular weight is 329 g/mol. The summed E-state index contributed by atoms with van der Waals surface area (Å²) in [7, 11) is 0. The van der Waals surface area contributed by atoms with Gasteiger partial charge in [0.1, 0.15) is 5.82 Å². The van der Waals surface area contributed by atoms with Crippen LogP contribution in [0.1, 0.15) is 29.6 Å². The Hall–Kier alpha value is -2.47. The van der Waals surface area contributed by atoms with Crippen LogP contribution in [0.3, 0.4) is 0 Å². The van der Waals surface area contributed by atoms with Crippen molar-refractivity contribution in [1.29, 1.82) is 0 Å². The first-order valence-corrected chi connectivity index (χ1v) is 7.94. The van der Waals surface area contributed by atoms with Crippen LogP contribution >= 0.6 is 0 Å². The van der Waals surface area contributed by atoms with E-state index >= 15 is 0 Å². The second-order valence-corrected chi connectivity index (χ2v) is 6.01. The highest BCUT2D eigenvalue weighted by Crippen LogP contribution is 2.07. The van der Waals surface area contributed by atoms with Gasteiger partial charge in [-0.25, -0.2) is 4.98 Å². The highest BCUT2D eigenvalue weighted by atomic mass is 16.3. The van der Waals surface area contributed by atoms with Crippen molar-refractivity contribution in [1.82, 2.24) is 15.3 Å². The molecule has 0 radical (unpaired) electrons. The van der Waals surface area contributed by atoms with E-state index in [2.05, 4.69) is 15.3 Å². The number of benzene rings is 1. The number of hydrogen-bond acceptors (Lipinski definition) is 4. The van der Waals surface area contributed by atoms with Crippen LogP contribution in [0.4, 0.5) is 0 Å². The molecule has 2 atom stereocenters. The van der Waals surface area contributed by atoms with E-state index in [1.165, 1.54) is 0 Å². The Morgan fingerprint density at radius 3 is 2.58 bits per heavy atom. The largest absolute Gasteiger partial charge is 0.391 e. The molecule has 6 heteroatoms. The highest BCUT2D eigenvalue weighted by Gasteiger charge is 2.19. The quantitative estimate of drug-likeness (QED) is 0.738. The van der Waals surface area contributed by atoms with Gasteiger partial charge < -0.3 is 15.4 Å². The zero-order valence-corrected chi connectivity index (χ0v) is 14.2. The van der Waals surface area contributed by atoms with Crippen LogP contribution in [0.2, 0.25) is 0 Å². The third kappa shape index (κ3) is 4.76. The van der Waals surface area contributed by atoms with Crippen LogP contribution in [0.15, 0.2) is 35.1 Å². The number of rotatable bonds is 6. The van der Waals surface area contributed by atoms with E-state index in [1.54, 1.807) is 20.8 Å². The SMILES string of the molecule is Cc1nc(C)c(CC(=O)NC(C)C(O)Cc2ccccc2)c(=O)[nH]1. The van der Waals surface area contributed by atoms with E-state index in [-0.39, 0.29) is 17.9 Å². The standard InChI is InChI=1S/C18H23N3O3/c1-11-15(18(24)21-13(3)19-11)10-17(23)20-12(2)16(22)9-14-7-5-4-6-8-14/h4-8,12,16,22H,9-10H2,1-3H3,(H,20,23)(H,19,21,24). The Bertz CT molecular complexity index is 756. The minimum atomic E-state index is -0.702. The van der Waals surface area contributed by atoms with Crippen molar-refractivity contribution in [3.63, 3.8) is 0 Å². The molecule has 0 aliphatic heterocycles. The average Bonchev–Trinajstić information content (AvgIpc) is 2.51. The highest BCUT2D eigenvalue weighted by molar-refractivity contribution is 5.79. The van der Waals surface area contributed by atoms with Crippen LogP contribution in [0.5, 0.6) is 0 Å². The van der Waals surface area contributed by atoms with Crippen LogP contribution in [-0.2, 0) is 17.6 Å². The van der Waals surface area contributed by atoms with Crippen LogP contribution in [0, 0.1) is 13.8 Å². The Balaban J connectivity index is 1.95. The zero-order valence-electron chi connectivity index (χ0n) is 14.2. The van der Waals surface area contributed by atoms with Crippen molar-refractivity contribution >= 4 is 5.91 Å². The third-order valence-corrected chi connectivity index (χ3v) is 3.93.